The number of piperidine rings is 1. The second kappa shape index (κ2) is 7.29. The third kappa shape index (κ3) is 3.71. The minimum Gasteiger partial charge on any atom is -0.469 e. The Kier molecular flexibility index (Phi) is 5.25. The van der Waals surface area contributed by atoms with Crippen LogP contribution in [0.25, 0.3) is 0 Å². The van der Waals surface area contributed by atoms with Crippen LogP contribution in [-0.4, -0.2) is 36.0 Å². The van der Waals surface area contributed by atoms with Crippen LogP contribution in [0.2, 0.25) is 0 Å². The maximum Gasteiger partial charge on any atom is 0.416 e. The summed E-state index contributed by atoms with van der Waals surface area (Å²) in [4.78, 5) is 26.2. The van der Waals surface area contributed by atoms with Crippen molar-refractivity contribution in [3.8, 4) is 0 Å². The third-order valence-corrected chi connectivity index (χ3v) is 5.55. The van der Waals surface area contributed by atoms with E-state index in [1.54, 1.807) is 0 Å². The Hall–Kier alpha value is -2.05. The predicted molar refractivity (Wildman–Crippen MR) is 88.4 cm³/mol. The quantitative estimate of drug-likeness (QED) is 0.753. The number of esters is 1. The van der Waals surface area contributed by atoms with E-state index in [1.807, 2.05) is 4.90 Å². The highest BCUT2D eigenvalue weighted by Gasteiger charge is 2.45. The molecule has 3 rings (SSSR count). The molecular formula is C19H22F3NO3. The molecule has 3 unspecified atom stereocenters. The average Bonchev–Trinajstić information content (AvgIpc) is 2.83. The Bertz CT molecular complexity index is 672. The van der Waals surface area contributed by atoms with E-state index in [2.05, 4.69) is 0 Å². The van der Waals surface area contributed by atoms with Crippen molar-refractivity contribution in [2.24, 2.45) is 5.92 Å². The van der Waals surface area contributed by atoms with Crippen molar-refractivity contribution in [1.29, 1.82) is 0 Å². The summed E-state index contributed by atoms with van der Waals surface area (Å²) in [5, 5.41) is 0. The average molecular weight is 369 g/mol. The molecule has 2 bridgehead atoms. The molecule has 2 fully saturated rings. The molecule has 0 aliphatic carbocycles. The molecule has 142 valence electrons. The molecule has 2 aliphatic rings. The smallest absolute Gasteiger partial charge is 0.416 e. The molecule has 26 heavy (non-hydrogen) atoms. The number of amides is 1. The van der Waals surface area contributed by atoms with Gasteiger partial charge in [-0.1, -0.05) is 0 Å². The van der Waals surface area contributed by atoms with Crippen LogP contribution in [0, 0.1) is 5.92 Å². The number of carbonyl (C=O) groups excluding carboxylic acids is 2. The SMILES string of the molecule is COC(=O)CCC1CC2CCCC1N2C(=O)c1ccc(C(F)(F)F)cc1. The summed E-state index contributed by atoms with van der Waals surface area (Å²) in [5.41, 5.74) is -0.477. The first-order valence-corrected chi connectivity index (χ1v) is 8.88. The molecule has 1 aromatic rings. The van der Waals surface area contributed by atoms with Gasteiger partial charge in [-0.05, 0) is 62.3 Å². The van der Waals surface area contributed by atoms with Crippen molar-refractivity contribution < 1.29 is 27.5 Å². The molecule has 3 atom stereocenters. The van der Waals surface area contributed by atoms with Crippen LogP contribution in [0.3, 0.4) is 0 Å². The van der Waals surface area contributed by atoms with Crippen molar-refractivity contribution in [2.75, 3.05) is 7.11 Å². The highest BCUT2D eigenvalue weighted by molar-refractivity contribution is 5.95. The van der Waals surface area contributed by atoms with E-state index in [1.165, 1.54) is 19.2 Å². The summed E-state index contributed by atoms with van der Waals surface area (Å²) in [6.45, 7) is 0. The monoisotopic (exact) mass is 369 g/mol. The molecule has 0 radical (unpaired) electrons. The van der Waals surface area contributed by atoms with E-state index in [-0.39, 0.29) is 35.4 Å². The first kappa shape index (κ1) is 18.7. The van der Waals surface area contributed by atoms with Crippen LogP contribution >= 0.6 is 0 Å². The van der Waals surface area contributed by atoms with Crippen LogP contribution in [0.15, 0.2) is 24.3 Å². The number of methoxy groups -OCH3 is 1. The van der Waals surface area contributed by atoms with Crippen LogP contribution in [0.5, 0.6) is 0 Å². The van der Waals surface area contributed by atoms with Crippen molar-refractivity contribution in [2.45, 2.75) is 56.8 Å². The largest absolute Gasteiger partial charge is 0.469 e. The van der Waals surface area contributed by atoms with Crippen molar-refractivity contribution in [3.63, 3.8) is 0 Å². The number of nitrogens with zero attached hydrogens (tertiary/aromatic N) is 1. The van der Waals surface area contributed by atoms with E-state index < -0.39 is 11.7 Å². The van der Waals surface area contributed by atoms with E-state index in [0.29, 0.717) is 12.8 Å². The Morgan fingerprint density at radius 3 is 2.50 bits per heavy atom. The molecule has 1 amide bonds. The number of rotatable bonds is 4. The minimum atomic E-state index is -4.41. The fraction of sp³-hybridized carbons (Fsp3) is 0.579. The highest BCUT2D eigenvalue weighted by Crippen LogP contribution is 2.42. The van der Waals surface area contributed by atoms with Gasteiger partial charge in [0.05, 0.1) is 12.7 Å². The first-order valence-electron chi connectivity index (χ1n) is 8.88. The summed E-state index contributed by atoms with van der Waals surface area (Å²) >= 11 is 0. The van der Waals surface area contributed by atoms with Crippen LogP contribution in [0.4, 0.5) is 13.2 Å². The van der Waals surface area contributed by atoms with Crippen molar-refractivity contribution in [3.05, 3.63) is 35.4 Å². The number of benzene rings is 1. The van der Waals surface area contributed by atoms with Crippen molar-refractivity contribution in [1.82, 2.24) is 4.90 Å². The number of hydrogen-bond donors (Lipinski definition) is 0. The minimum absolute atomic E-state index is 0.0493. The molecule has 2 saturated heterocycles. The summed E-state index contributed by atoms with van der Waals surface area (Å²) in [5.74, 6) is -0.235. The van der Waals surface area contributed by atoms with Crippen LogP contribution in [0.1, 0.15) is 54.4 Å². The Balaban J connectivity index is 1.73. The summed E-state index contributed by atoms with van der Waals surface area (Å²) in [6.07, 6.45) is 0.225. The van der Waals surface area contributed by atoms with Gasteiger partial charge in [-0.25, -0.2) is 0 Å². The molecule has 2 heterocycles. The van der Waals surface area contributed by atoms with Gasteiger partial charge in [0.2, 0.25) is 0 Å². The maximum absolute atomic E-state index is 12.9. The van der Waals surface area contributed by atoms with Crippen LogP contribution < -0.4 is 0 Å². The zero-order chi connectivity index (χ0) is 18.9. The zero-order valence-corrected chi connectivity index (χ0v) is 14.6. The second-order valence-corrected chi connectivity index (χ2v) is 7.05. The van der Waals surface area contributed by atoms with Crippen LogP contribution in [-0.2, 0) is 15.7 Å². The van der Waals surface area contributed by atoms with E-state index in [4.69, 9.17) is 4.74 Å². The zero-order valence-electron chi connectivity index (χ0n) is 14.6. The predicted octanol–water partition coefficient (Wildman–Crippen LogP) is 4.04. The van der Waals surface area contributed by atoms with Crippen molar-refractivity contribution >= 4 is 11.9 Å². The molecular weight excluding hydrogens is 347 g/mol. The Morgan fingerprint density at radius 2 is 1.88 bits per heavy atom. The molecule has 7 heteroatoms. The van der Waals surface area contributed by atoms with E-state index in [0.717, 1.165) is 37.8 Å². The molecule has 0 N–H and O–H groups in total. The molecule has 0 saturated carbocycles. The number of carbonyl (C=O) groups is 2. The lowest BCUT2D eigenvalue weighted by atomic mass is 9.92. The van der Waals surface area contributed by atoms with Gasteiger partial charge in [0.1, 0.15) is 0 Å². The fourth-order valence-corrected chi connectivity index (χ4v) is 4.30. The summed E-state index contributed by atoms with van der Waals surface area (Å²) in [7, 11) is 1.36. The van der Waals surface area contributed by atoms with Gasteiger partial charge in [0.25, 0.3) is 5.91 Å². The second-order valence-electron chi connectivity index (χ2n) is 7.05. The lowest BCUT2D eigenvalue weighted by molar-refractivity contribution is -0.141. The maximum atomic E-state index is 12.9. The van der Waals surface area contributed by atoms with E-state index in [9.17, 15) is 22.8 Å². The topological polar surface area (TPSA) is 46.6 Å². The Morgan fingerprint density at radius 1 is 1.19 bits per heavy atom. The Labute approximate surface area is 150 Å². The number of alkyl halides is 3. The van der Waals surface area contributed by atoms with Gasteiger partial charge in [-0.2, -0.15) is 13.2 Å². The lowest BCUT2D eigenvalue weighted by Gasteiger charge is -2.36. The van der Waals surface area contributed by atoms with Gasteiger partial charge >= 0.3 is 12.1 Å². The summed E-state index contributed by atoms with van der Waals surface area (Å²) < 4.78 is 42.8. The molecule has 2 aliphatic heterocycles. The number of halogens is 3. The molecule has 1 aromatic carbocycles. The normalized spacial score (nSPS) is 25.2. The van der Waals surface area contributed by atoms with Gasteiger partial charge in [0, 0.05) is 24.1 Å². The molecule has 0 spiro atoms. The standard InChI is InChI=1S/C19H22F3NO3/c1-26-17(24)10-7-13-11-15-3-2-4-16(13)23(15)18(25)12-5-8-14(9-6-12)19(20,21)22/h5-6,8-9,13,15-16H,2-4,7,10-11H2,1H3. The van der Waals surface area contributed by atoms with Gasteiger partial charge in [-0.3, -0.25) is 9.59 Å². The summed E-state index contributed by atoms with van der Waals surface area (Å²) in [6, 6.07) is 4.56. The molecule has 0 aromatic heterocycles. The van der Waals surface area contributed by atoms with E-state index >= 15 is 0 Å². The van der Waals surface area contributed by atoms with Gasteiger partial charge in [-0.15, -0.1) is 0 Å². The number of hydrogen-bond acceptors (Lipinski definition) is 3. The van der Waals surface area contributed by atoms with Gasteiger partial charge in [0.15, 0.2) is 0 Å². The highest BCUT2D eigenvalue weighted by atomic mass is 19.4. The number of fused-ring (bicyclic) bond motifs is 2. The molecule has 4 nitrogen and oxygen atoms in total. The third-order valence-electron chi connectivity index (χ3n) is 5.55. The fourth-order valence-electron chi connectivity index (χ4n) is 4.30. The van der Waals surface area contributed by atoms with Gasteiger partial charge < -0.3 is 9.64 Å². The number of ether oxygens (including phenoxy) is 1. The first-order chi connectivity index (χ1) is 12.3. The lowest BCUT2D eigenvalue weighted by Crippen LogP contribution is -2.45.